The summed E-state index contributed by atoms with van der Waals surface area (Å²) < 4.78 is 32.9. The molecule has 0 aliphatic rings. The average molecular weight is 420 g/mol. The molecule has 122 valence electrons. The fourth-order valence-corrected chi connectivity index (χ4v) is 3.09. The Morgan fingerprint density at radius 1 is 1.22 bits per heavy atom. The van der Waals surface area contributed by atoms with Crippen LogP contribution in [-0.2, 0) is 10.1 Å². The second kappa shape index (κ2) is 6.88. The molecule has 0 aliphatic heterocycles. The first-order valence-corrected chi connectivity index (χ1v) is 8.89. The summed E-state index contributed by atoms with van der Waals surface area (Å²) in [5.74, 6) is 0. The van der Waals surface area contributed by atoms with E-state index in [2.05, 4.69) is 26.6 Å². The van der Waals surface area contributed by atoms with Crippen LogP contribution in [0.15, 0.2) is 45.8 Å². The molecule has 23 heavy (non-hydrogen) atoms. The smallest absolute Gasteiger partial charge is 0.308 e. The average Bonchev–Trinajstić information content (AvgIpc) is 2.41. The van der Waals surface area contributed by atoms with Crippen LogP contribution in [0.3, 0.4) is 0 Å². The summed E-state index contributed by atoms with van der Waals surface area (Å²) in [7, 11) is -4.51. The van der Waals surface area contributed by atoms with Gasteiger partial charge in [0.25, 0.3) is 10.1 Å². The van der Waals surface area contributed by atoms with Crippen molar-refractivity contribution in [3.63, 3.8) is 0 Å². The lowest BCUT2D eigenvalue weighted by Gasteiger charge is -2.12. The number of amides is 2. The second-order valence-corrected chi connectivity index (χ2v) is 7.37. The number of carbonyl (C=O) groups is 1. The molecule has 0 saturated heterocycles. The Bertz CT molecular complexity index is 871. The number of anilines is 2. The van der Waals surface area contributed by atoms with Crippen molar-refractivity contribution >= 4 is 55.1 Å². The molecule has 9 heteroatoms. The maximum absolute atomic E-state index is 12.0. The summed E-state index contributed by atoms with van der Waals surface area (Å²) in [6, 6.07) is 8.63. The van der Waals surface area contributed by atoms with Crippen molar-refractivity contribution < 1.29 is 17.8 Å². The van der Waals surface area contributed by atoms with Crippen molar-refractivity contribution in [3.05, 3.63) is 51.5 Å². The summed E-state index contributed by atoms with van der Waals surface area (Å²) in [6.07, 6.45) is 0. The zero-order valence-corrected chi connectivity index (χ0v) is 15.0. The highest BCUT2D eigenvalue weighted by atomic mass is 79.9. The fourth-order valence-electron chi connectivity index (χ4n) is 1.82. The van der Waals surface area contributed by atoms with Gasteiger partial charge in [-0.05, 0) is 42.8 Å². The molecule has 0 aliphatic carbocycles. The molecule has 2 amide bonds. The predicted molar refractivity (Wildman–Crippen MR) is 92.8 cm³/mol. The minimum Gasteiger partial charge on any atom is -0.308 e. The molecule has 0 fully saturated rings. The number of rotatable bonds is 3. The number of nitrogens with one attached hydrogen (secondary N) is 2. The number of halogens is 2. The van der Waals surface area contributed by atoms with Gasteiger partial charge in [-0.3, -0.25) is 4.55 Å². The molecule has 0 atom stereocenters. The molecule has 0 saturated carbocycles. The van der Waals surface area contributed by atoms with E-state index in [1.54, 1.807) is 31.2 Å². The quantitative estimate of drug-likeness (QED) is 0.646. The van der Waals surface area contributed by atoms with Gasteiger partial charge >= 0.3 is 6.03 Å². The van der Waals surface area contributed by atoms with Gasteiger partial charge in [0.15, 0.2) is 0 Å². The van der Waals surface area contributed by atoms with Crippen LogP contribution >= 0.6 is 27.5 Å². The third-order valence-corrected chi connectivity index (χ3v) is 4.66. The van der Waals surface area contributed by atoms with Crippen LogP contribution in [0.1, 0.15) is 5.56 Å². The van der Waals surface area contributed by atoms with E-state index in [4.69, 9.17) is 11.6 Å². The standard InChI is InChI=1S/C14H12BrClN2O4S/c1-8-5-13(23(20,21)22)12(7-11(8)16)18-14(19)17-10-4-2-3-9(15)6-10/h2-7H,1H3,(H2,17,18,19)(H,20,21,22). The lowest BCUT2D eigenvalue weighted by Crippen LogP contribution is -2.21. The Hall–Kier alpha value is -1.61. The number of benzene rings is 2. The summed E-state index contributed by atoms with van der Waals surface area (Å²) in [5.41, 5.74) is 0.844. The summed E-state index contributed by atoms with van der Waals surface area (Å²) in [6.45, 7) is 1.59. The van der Waals surface area contributed by atoms with E-state index in [1.807, 2.05) is 0 Å². The Kier molecular flexibility index (Phi) is 5.30. The lowest BCUT2D eigenvalue weighted by molar-refractivity contribution is 0.262. The van der Waals surface area contributed by atoms with E-state index in [0.29, 0.717) is 11.3 Å². The largest absolute Gasteiger partial charge is 0.323 e. The molecule has 2 aromatic carbocycles. The van der Waals surface area contributed by atoms with E-state index in [-0.39, 0.29) is 10.7 Å². The van der Waals surface area contributed by atoms with Crippen LogP contribution in [0.4, 0.5) is 16.2 Å². The van der Waals surface area contributed by atoms with Crippen molar-refractivity contribution in [2.24, 2.45) is 0 Å². The molecular formula is C14H12BrClN2O4S. The number of hydrogen-bond donors (Lipinski definition) is 3. The van der Waals surface area contributed by atoms with Crippen LogP contribution in [0.5, 0.6) is 0 Å². The molecule has 0 aromatic heterocycles. The molecule has 2 aromatic rings. The van der Waals surface area contributed by atoms with E-state index in [9.17, 15) is 17.8 Å². The van der Waals surface area contributed by atoms with Gasteiger partial charge < -0.3 is 10.6 Å². The first-order chi connectivity index (χ1) is 10.7. The SMILES string of the molecule is Cc1cc(S(=O)(=O)O)c(NC(=O)Nc2cccc(Br)c2)cc1Cl. The van der Waals surface area contributed by atoms with Crippen LogP contribution in [0.2, 0.25) is 5.02 Å². The Morgan fingerprint density at radius 2 is 1.91 bits per heavy atom. The first-order valence-electron chi connectivity index (χ1n) is 6.28. The maximum Gasteiger partial charge on any atom is 0.323 e. The van der Waals surface area contributed by atoms with Crippen molar-refractivity contribution in [2.45, 2.75) is 11.8 Å². The van der Waals surface area contributed by atoms with E-state index < -0.39 is 21.0 Å². The highest BCUT2D eigenvalue weighted by molar-refractivity contribution is 9.10. The Balaban J connectivity index is 2.29. The Morgan fingerprint density at radius 3 is 2.52 bits per heavy atom. The number of urea groups is 1. The second-order valence-electron chi connectivity index (χ2n) is 4.66. The first kappa shape index (κ1) is 17.7. The van der Waals surface area contributed by atoms with Gasteiger partial charge in [0.1, 0.15) is 4.90 Å². The van der Waals surface area contributed by atoms with Crippen molar-refractivity contribution in [1.29, 1.82) is 0 Å². The van der Waals surface area contributed by atoms with Gasteiger partial charge in [-0.2, -0.15) is 8.42 Å². The molecule has 0 radical (unpaired) electrons. The van der Waals surface area contributed by atoms with Gasteiger partial charge in [0, 0.05) is 15.2 Å². The van der Waals surface area contributed by atoms with Gasteiger partial charge in [-0.25, -0.2) is 4.79 Å². The predicted octanol–water partition coefficient (Wildman–Crippen LogP) is 4.30. The summed E-state index contributed by atoms with van der Waals surface area (Å²) in [4.78, 5) is 11.6. The highest BCUT2D eigenvalue weighted by Gasteiger charge is 2.19. The summed E-state index contributed by atoms with van der Waals surface area (Å²) in [5, 5.41) is 5.17. The van der Waals surface area contributed by atoms with E-state index >= 15 is 0 Å². The molecule has 6 nitrogen and oxygen atoms in total. The highest BCUT2D eigenvalue weighted by Crippen LogP contribution is 2.28. The van der Waals surface area contributed by atoms with Gasteiger partial charge in [0.2, 0.25) is 0 Å². The third-order valence-electron chi connectivity index (χ3n) is 2.87. The zero-order valence-electron chi connectivity index (χ0n) is 11.8. The lowest BCUT2D eigenvalue weighted by atomic mass is 10.2. The Labute approximate surface area is 146 Å². The molecule has 0 unspecified atom stereocenters. The summed E-state index contributed by atoms with van der Waals surface area (Å²) >= 11 is 9.22. The van der Waals surface area contributed by atoms with E-state index in [0.717, 1.165) is 4.47 Å². The van der Waals surface area contributed by atoms with Crippen LogP contribution in [-0.4, -0.2) is 19.0 Å². The van der Waals surface area contributed by atoms with Crippen molar-refractivity contribution in [3.8, 4) is 0 Å². The normalized spacial score (nSPS) is 11.1. The fraction of sp³-hybridized carbons (Fsp3) is 0.0714. The molecule has 0 spiro atoms. The van der Waals surface area contributed by atoms with Crippen molar-refractivity contribution in [1.82, 2.24) is 0 Å². The van der Waals surface area contributed by atoms with Gasteiger partial charge in [-0.1, -0.05) is 33.6 Å². The number of hydrogen-bond acceptors (Lipinski definition) is 3. The zero-order chi connectivity index (χ0) is 17.2. The third kappa shape index (κ3) is 4.68. The number of aryl methyl sites for hydroxylation is 1. The van der Waals surface area contributed by atoms with Crippen LogP contribution in [0, 0.1) is 6.92 Å². The number of carbonyl (C=O) groups excluding carboxylic acids is 1. The molecule has 2 rings (SSSR count). The van der Waals surface area contributed by atoms with Crippen LogP contribution < -0.4 is 10.6 Å². The van der Waals surface area contributed by atoms with Gasteiger partial charge in [0.05, 0.1) is 5.69 Å². The van der Waals surface area contributed by atoms with E-state index in [1.165, 1.54) is 12.1 Å². The molecule has 0 bridgehead atoms. The van der Waals surface area contributed by atoms with Crippen LogP contribution in [0.25, 0.3) is 0 Å². The molecule has 0 heterocycles. The maximum atomic E-state index is 12.0. The monoisotopic (exact) mass is 418 g/mol. The van der Waals surface area contributed by atoms with Crippen molar-refractivity contribution in [2.75, 3.05) is 10.6 Å². The minimum absolute atomic E-state index is 0.115. The topological polar surface area (TPSA) is 95.5 Å². The molecular weight excluding hydrogens is 408 g/mol. The molecule has 3 N–H and O–H groups in total. The van der Waals surface area contributed by atoms with Gasteiger partial charge in [-0.15, -0.1) is 0 Å². The minimum atomic E-state index is -4.51.